The molecule has 0 atom stereocenters. The van der Waals surface area contributed by atoms with Crippen LogP contribution in [0.5, 0.6) is 0 Å². The van der Waals surface area contributed by atoms with E-state index in [1.165, 1.54) is 16.8 Å². The summed E-state index contributed by atoms with van der Waals surface area (Å²) in [5, 5.41) is 17.4. The molecule has 30 heavy (non-hydrogen) atoms. The molecule has 0 saturated heterocycles. The molecule has 0 radical (unpaired) electrons. The summed E-state index contributed by atoms with van der Waals surface area (Å²) in [6, 6.07) is 19.5. The highest BCUT2D eigenvalue weighted by Gasteiger charge is 2.16. The van der Waals surface area contributed by atoms with Gasteiger partial charge in [0.05, 0.1) is 22.9 Å². The molecule has 1 heterocycles. The van der Waals surface area contributed by atoms with E-state index in [-0.39, 0.29) is 17.3 Å². The van der Waals surface area contributed by atoms with E-state index in [0.29, 0.717) is 10.5 Å². The maximum atomic E-state index is 12.2. The van der Waals surface area contributed by atoms with Crippen LogP contribution < -0.4 is 4.80 Å². The molecule has 0 aliphatic rings. The van der Waals surface area contributed by atoms with Gasteiger partial charge in [0.25, 0.3) is 5.69 Å². The minimum Gasteiger partial charge on any atom is -0.461 e. The van der Waals surface area contributed by atoms with E-state index < -0.39 is 10.9 Å². The van der Waals surface area contributed by atoms with Gasteiger partial charge in [-0.25, -0.2) is 14.5 Å². The van der Waals surface area contributed by atoms with Crippen LogP contribution in [-0.2, 0) is 4.74 Å². The predicted octanol–water partition coefficient (Wildman–Crippen LogP) is 4.40. The van der Waals surface area contributed by atoms with Crippen molar-refractivity contribution in [1.29, 1.82) is 0 Å². The summed E-state index contributed by atoms with van der Waals surface area (Å²) < 4.78 is 6.56. The summed E-state index contributed by atoms with van der Waals surface area (Å²) in [4.78, 5) is 27.9. The van der Waals surface area contributed by atoms with E-state index in [0.717, 1.165) is 27.8 Å². The average molecular weight is 420 g/mol. The van der Waals surface area contributed by atoms with Gasteiger partial charge in [0.15, 0.2) is 0 Å². The quantitative estimate of drug-likeness (QED) is 0.271. The highest BCUT2D eigenvalue weighted by Crippen LogP contribution is 2.25. The van der Waals surface area contributed by atoms with Crippen LogP contribution in [0.2, 0.25) is 0 Å². The molecule has 8 nitrogen and oxygen atoms in total. The zero-order chi connectivity index (χ0) is 21.1. The van der Waals surface area contributed by atoms with Crippen molar-refractivity contribution in [1.82, 2.24) is 9.78 Å². The van der Waals surface area contributed by atoms with Gasteiger partial charge >= 0.3 is 5.97 Å². The van der Waals surface area contributed by atoms with Crippen LogP contribution in [0.15, 0.2) is 71.7 Å². The summed E-state index contributed by atoms with van der Waals surface area (Å²) in [5.41, 5.74) is 1.24. The van der Waals surface area contributed by atoms with Crippen molar-refractivity contribution < 1.29 is 14.5 Å². The number of rotatable bonds is 5. The smallest absolute Gasteiger partial charge is 0.369 e. The lowest BCUT2D eigenvalue weighted by atomic mass is 10.1. The van der Waals surface area contributed by atoms with Gasteiger partial charge in [-0.2, -0.15) is 0 Å². The molecule has 0 bridgehead atoms. The Morgan fingerprint density at radius 1 is 1.13 bits per heavy atom. The third-order valence-corrected chi connectivity index (χ3v) is 5.19. The summed E-state index contributed by atoms with van der Waals surface area (Å²) in [7, 11) is 0. The fourth-order valence-corrected chi connectivity index (χ4v) is 3.74. The highest BCUT2D eigenvalue weighted by molar-refractivity contribution is 7.10. The van der Waals surface area contributed by atoms with Gasteiger partial charge in [0, 0.05) is 17.5 Å². The van der Waals surface area contributed by atoms with Crippen LogP contribution in [0.3, 0.4) is 0 Å². The van der Waals surface area contributed by atoms with Crippen molar-refractivity contribution in [2.75, 3.05) is 6.61 Å². The predicted molar refractivity (Wildman–Crippen MR) is 113 cm³/mol. The first-order chi connectivity index (χ1) is 14.6. The maximum Gasteiger partial charge on any atom is 0.369 e. The van der Waals surface area contributed by atoms with Crippen molar-refractivity contribution in [3.8, 4) is 5.69 Å². The Hall–Kier alpha value is -3.85. The molecule has 0 aliphatic carbocycles. The first-order valence-electron chi connectivity index (χ1n) is 9.11. The number of carbonyl (C=O) groups excluding carboxylic acids is 1. The second-order valence-corrected chi connectivity index (χ2v) is 7.16. The molecular weight excluding hydrogens is 404 g/mol. The van der Waals surface area contributed by atoms with Gasteiger partial charge in [-0.1, -0.05) is 47.7 Å². The van der Waals surface area contributed by atoms with Crippen molar-refractivity contribution in [3.05, 3.63) is 86.7 Å². The average Bonchev–Trinajstić information content (AvgIpc) is 3.18. The van der Waals surface area contributed by atoms with Gasteiger partial charge in [-0.3, -0.25) is 10.1 Å². The number of non-ortho nitro benzene ring substituents is 1. The number of hydrogen-bond acceptors (Lipinski definition) is 7. The Labute approximate surface area is 174 Å². The Bertz CT molecular complexity index is 1300. The number of aromatic nitrogens is 2. The molecule has 0 saturated carbocycles. The topological polar surface area (TPSA) is 99.6 Å². The van der Waals surface area contributed by atoms with E-state index in [4.69, 9.17) is 9.73 Å². The van der Waals surface area contributed by atoms with Gasteiger partial charge in [0.1, 0.15) is 0 Å². The molecule has 0 spiro atoms. The summed E-state index contributed by atoms with van der Waals surface area (Å²) in [6.07, 6.45) is 0. The Morgan fingerprint density at radius 3 is 2.60 bits per heavy atom. The zero-order valence-corrected chi connectivity index (χ0v) is 16.7. The molecule has 150 valence electrons. The number of fused-ring (bicyclic) bond motifs is 1. The lowest BCUT2D eigenvalue weighted by molar-refractivity contribution is -0.384. The minimum absolute atomic E-state index is 0.0345. The zero-order valence-electron chi connectivity index (χ0n) is 15.9. The number of nitro benzene ring substituents is 1. The molecule has 1 aromatic heterocycles. The molecule has 0 N–H and O–H groups in total. The lowest BCUT2D eigenvalue weighted by Gasteiger charge is -2.03. The van der Waals surface area contributed by atoms with Gasteiger partial charge in [0.2, 0.25) is 9.81 Å². The largest absolute Gasteiger partial charge is 0.461 e. The second kappa shape index (κ2) is 8.26. The van der Waals surface area contributed by atoms with E-state index in [1.807, 2.05) is 42.5 Å². The van der Waals surface area contributed by atoms with E-state index in [1.54, 1.807) is 19.1 Å². The molecule has 0 unspecified atom stereocenters. The Kier molecular flexibility index (Phi) is 5.36. The second-order valence-electron chi connectivity index (χ2n) is 6.21. The number of nitro groups is 1. The third-order valence-electron chi connectivity index (χ3n) is 4.30. The standard InChI is InChI=1S/C21H16N4O4S/c1-2-29-20(26)19-23-24(15-10-12-16(13-11-15)25(27)28)21(30-19)22-18-9-5-7-14-6-3-4-8-17(14)18/h3-13H,2H2,1H3. The van der Waals surface area contributed by atoms with Crippen LogP contribution in [0.25, 0.3) is 16.5 Å². The fourth-order valence-electron chi connectivity index (χ4n) is 2.92. The molecule has 4 rings (SSSR count). The molecule has 3 aromatic carbocycles. The first-order valence-corrected chi connectivity index (χ1v) is 9.93. The number of esters is 1. The number of hydrogen-bond donors (Lipinski definition) is 0. The Balaban J connectivity index is 1.90. The summed E-state index contributed by atoms with van der Waals surface area (Å²) in [5.74, 6) is -0.544. The highest BCUT2D eigenvalue weighted by atomic mass is 32.1. The lowest BCUT2D eigenvalue weighted by Crippen LogP contribution is -2.14. The number of nitrogens with zero attached hydrogens (tertiary/aromatic N) is 4. The molecule has 0 amide bonds. The third kappa shape index (κ3) is 3.83. The first kappa shape index (κ1) is 19.5. The number of benzene rings is 3. The van der Waals surface area contributed by atoms with E-state index >= 15 is 0 Å². The normalized spacial score (nSPS) is 11.6. The van der Waals surface area contributed by atoms with Crippen LogP contribution in [0, 0.1) is 10.1 Å². The summed E-state index contributed by atoms with van der Waals surface area (Å²) in [6.45, 7) is 1.95. The fraction of sp³-hybridized carbons (Fsp3) is 0.0952. The minimum atomic E-state index is -0.544. The van der Waals surface area contributed by atoms with E-state index in [9.17, 15) is 14.9 Å². The van der Waals surface area contributed by atoms with Gasteiger partial charge in [-0.15, -0.1) is 5.10 Å². The maximum absolute atomic E-state index is 12.2. The number of ether oxygens (including phenoxy) is 1. The summed E-state index contributed by atoms with van der Waals surface area (Å²) >= 11 is 1.09. The molecule has 0 aliphatic heterocycles. The van der Waals surface area contributed by atoms with E-state index in [2.05, 4.69) is 5.10 Å². The van der Waals surface area contributed by atoms with Crippen molar-refractivity contribution >= 4 is 39.5 Å². The van der Waals surface area contributed by atoms with Crippen LogP contribution >= 0.6 is 11.3 Å². The molecule has 4 aromatic rings. The van der Waals surface area contributed by atoms with Crippen molar-refractivity contribution in [3.63, 3.8) is 0 Å². The van der Waals surface area contributed by atoms with Crippen LogP contribution in [0.1, 0.15) is 16.7 Å². The van der Waals surface area contributed by atoms with Gasteiger partial charge in [-0.05, 0) is 30.5 Å². The molecule has 9 heteroatoms. The van der Waals surface area contributed by atoms with Crippen LogP contribution in [-0.4, -0.2) is 27.3 Å². The number of carbonyl (C=O) groups is 1. The van der Waals surface area contributed by atoms with Crippen molar-refractivity contribution in [2.24, 2.45) is 4.99 Å². The monoisotopic (exact) mass is 420 g/mol. The SMILES string of the molecule is CCOC(=O)c1nn(-c2ccc([N+](=O)[O-])cc2)c(=Nc2cccc3ccccc23)s1. The van der Waals surface area contributed by atoms with Crippen LogP contribution in [0.4, 0.5) is 11.4 Å². The van der Waals surface area contributed by atoms with Crippen molar-refractivity contribution in [2.45, 2.75) is 6.92 Å². The van der Waals surface area contributed by atoms with Gasteiger partial charge < -0.3 is 4.74 Å². The Morgan fingerprint density at radius 2 is 1.87 bits per heavy atom. The molecular formula is C21H16N4O4S. The molecule has 0 fully saturated rings.